The van der Waals surface area contributed by atoms with Gasteiger partial charge < -0.3 is 0 Å². The molecule has 2 heteroatoms. The van der Waals surface area contributed by atoms with Crippen LogP contribution in [0.2, 0.25) is 0 Å². The molecule has 0 aliphatic heterocycles. The molecule has 1 unspecified atom stereocenters. The predicted octanol–water partition coefficient (Wildman–Crippen LogP) is 4.38. The predicted molar refractivity (Wildman–Crippen MR) is 89.8 cm³/mol. The summed E-state index contributed by atoms with van der Waals surface area (Å²) in [7, 11) is 0. The number of carbonyl (C=O) groups excluding carboxylic acids is 1. The van der Waals surface area contributed by atoms with Crippen molar-refractivity contribution in [3.63, 3.8) is 0 Å². The van der Waals surface area contributed by atoms with Crippen molar-refractivity contribution in [2.24, 2.45) is 0 Å². The van der Waals surface area contributed by atoms with Crippen LogP contribution in [0.1, 0.15) is 47.9 Å². The van der Waals surface area contributed by atoms with Gasteiger partial charge in [-0.25, -0.2) is 0 Å². The maximum absolute atomic E-state index is 12.1. The Balaban J connectivity index is 1.93. The average Bonchev–Trinajstić information content (AvgIpc) is 2.89. The van der Waals surface area contributed by atoms with Crippen molar-refractivity contribution in [3.8, 4) is 6.07 Å². The van der Waals surface area contributed by atoms with E-state index in [1.807, 2.05) is 36.4 Å². The summed E-state index contributed by atoms with van der Waals surface area (Å²) in [5.74, 6) is 0.329. The van der Waals surface area contributed by atoms with E-state index in [1.54, 1.807) is 0 Å². The Morgan fingerprint density at radius 1 is 1.09 bits per heavy atom. The van der Waals surface area contributed by atoms with Gasteiger partial charge in [0, 0.05) is 18.3 Å². The number of ketones is 1. The second kappa shape index (κ2) is 5.21. The van der Waals surface area contributed by atoms with E-state index >= 15 is 0 Å². The topological polar surface area (TPSA) is 40.9 Å². The number of benzene rings is 2. The quantitative estimate of drug-likeness (QED) is 0.784. The van der Waals surface area contributed by atoms with Crippen molar-refractivity contribution in [1.29, 1.82) is 5.26 Å². The molecule has 1 fully saturated rings. The molecule has 0 heterocycles. The number of Topliss-reactive ketones (excluding diaryl/α,β-unsaturated/α-hetero) is 1. The van der Waals surface area contributed by atoms with Gasteiger partial charge in [-0.1, -0.05) is 42.5 Å². The molecule has 0 saturated heterocycles. The first-order valence-corrected chi connectivity index (χ1v) is 8.07. The third-order valence-corrected chi connectivity index (χ3v) is 5.07. The fourth-order valence-electron chi connectivity index (χ4n) is 4.03. The zero-order chi connectivity index (χ0) is 15.9. The van der Waals surface area contributed by atoms with E-state index in [2.05, 4.69) is 24.3 Å². The molecule has 0 N–H and O–H groups in total. The highest BCUT2D eigenvalue weighted by Gasteiger charge is 2.41. The van der Waals surface area contributed by atoms with Crippen molar-refractivity contribution in [2.75, 3.05) is 0 Å². The molecule has 2 aromatic carbocycles. The van der Waals surface area contributed by atoms with Crippen molar-refractivity contribution in [2.45, 2.75) is 31.1 Å². The number of hydrogen-bond donors (Lipinski definition) is 0. The Kier molecular flexibility index (Phi) is 3.16. The molecule has 2 aliphatic rings. The van der Waals surface area contributed by atoms with E-state index in [0.717, 1.165) is 18.4 Å². The van der Waals surface area contributed by atoms with Crippen molar-refractivity contribution >= 4 is 11.4 Å². The number of fused-ring (bicyclic) bond motifs is 2. The summed E-state index contributed by atoms with van der Waals surface area (Å²) in [4.78, 5) is 12.1. The second-order valence-electron chi connectivity index (χ2n) is 6.52. The first kappa shape index (κ1) is 14.0. The zero-order valence-corrected chi connectivity index (χ0v) is 12.9. The number of hydrogen-bond acceptors (Lipinski definition) is 2. The molecule has 1 saturated carbocycles. The molecule has 2 aromatic rings. The molecular weight excluding hydrogens is 282 g/mol. The Hall–Kier alpha value is -2.66. The number of nitriles is 1. The molecule has 112 valence electrons. The molecule has 1 atom stereocenters. The minimum atomic E-state index is -0.220. The molecular formula is C21H17NO. The lowest BCUT2D eigenvalue weighted by molar-refractivity contribution is -0.121. The molecule has 2 nitrogen and oxygen atoms in total. The van der Waals surface area contributed by atoms with Gasteiger partial charge in [-0.3, -0.25) is 4.79 Å². The third-order valence-electron chi connectivity index (χ3n) is 5.07. The van der Waals surface area contributed by atoms with Gasteiger partial charge in [0.25, 0.3) is 0 Å². The summed E-state index contributed by atoms with van der Waals surface area (Å²) in [6.45, 7) is 0. The van der Waals surface area contributed by atoms with Gasteiger partial charge in [0.1, 0.15) is 5.78 Å². The van der Waals surface area contributed by atoms with Gasteiger partial charge >= 0.3 is 0 Å². The highest BCUT2D eigenvalue weighted by Crippen LogP contribution is 2.50. The second-order valence-corrected chi connectivity index (χ2v) is 6.52. The van der Waals surface area contributed by atoms with E-state index in [9.17, 15) is 10.1 Å². The van der Waals surface area contributed by atoms with E-state index in [4.69, 9.17) is 0 Å². The maximum atomic E-state index is 12.1. The number of nitrogens with zero attached hydrogens (tertiary/aromatic N) is 1. The normalized spacial score (nSPS) is 22.6. The Bertz CT molecular complexity index is 857. The van der Waals surface area contributed by atoms with Crippen LogP contribution >= 0.6 is 0 Å². The molecule has 4 rings (SSSR count). The SMILES string of the molecule is N#Cc1ccc2c(c1)C1(C=C2c2ccccc2)CCCC(=O)C1. The first-order chi connectivity index (χ1) is 11.2. The van der Waals surface area contributed by atoms with E-state index in [-0.39, 0.29) is 5.41 Å². The van der Waals surface area contributed by atoms with E-state index in [1.165, 1.54) is 16.7 Å². The van der Waals surface area contributed by atoms with Crippen LogP contribution < -0.4 is 0 Å². The summed E-state index contributed by atoms with van der Waals surface area (Å²) in [6.07, 6.45) is 5.44. The first-order valence-electron chi connectivity index (χ1n) is 8.07. The smallest absolute Gasteiger partial charge is 0.134 e. The van der Waals surface area contributed by atoms with Crippen LogP contribution in [0, 0.1) is 11.3 Å². The largest absolute Gasteiger partial charge is 0.300 e. The summed E-state index contributed by atoms with van der Waals surface area (Å²) >= 11 is 0. The van der Waals surface area contributed by atoms with Crippen LogP contribution in [-0.2, 0) is 10.2 Å². The van der Waals surface area contributed by atoms with Crippen LogP contribution in [-0.4, -0.2) is 5.78 Å². The molecule has 0 amide bonds. The van der Waals surface area contributed by atoms with Crippen LogP contribution in [0.15, 0.2) is 54.6 Å². The minimum absolute atomic E-state index is 0.220. The molecule has 0 radical (unpaired) electrons. The fraction of sp³-hybridized carbons (Fsp3) is 0.238. The molecule has 23 heavy (non-hydrogen) atoms. The summed E-state index contributed by atoms with van der Waals surface area (Å²) in [5, 5.41) is 9.26. The highest BCUT2D eigenvalue weighted by molar-refractivity contribution is 5.91. The number of rotatable bonds is 1. The Morgan fingerprint density at radius 2 is 1.91 bits per heavy atom. The Labute approximate surface area is 136 Å². The van der Waals surface area contributed by atoms with Gasteiger partial charge in [-0.05, 0) is 47.2 Å². The number of allylic oxidation sites excluding steroid dienone is 1. The third kappa shape index (κ3) is 2.21. The Morgan fingerprint density at radius 3 is 2.65 bits per heavy atom. The van der Waals surface area contributed by atoms with Crippen LogP contribution in [0.3, 0.4) is 0 Å². The molecule has 0 bridgehead atoms. The van der Waals surface area contributed by atoms with E-state index < -0.39 is 0 Å². The number of carbonyl (C=O) groups is 1. The van der Waals surface area contributed by atoms with Crippen LogP contribution in [0.5, 0.6) is 0 Å². The lowest BCUT2D eigenvalue weighted by Crippen LogP contribution is -2.30. The summed E-state index contributed by atoms with van der Waals surface area (Å²) in [6, 6.07) is 18.4. The van der Waals surface area contributed by atoms with Crippen LogP contribution in [0.25, 0.3) is 5.57 Å². The van der Waals surface area contributed by atoms with Gasteiger partial charge in [-0.15, -0.1) is 0 Å². The van der Waals surface area contributed by atoms with E-state index in [0.29, 0.717) is 24.2 Å². The van der Waals surface area contributed by atoms with Gasteiger partial charge in [0.15, 0.2) is 0 Å². The van der Waals surface area contributed by atoms with Gasteiger partial charge in [0.2, 0.25) is 0 Å². The van der Waals surface area contributed by atoms with Gasteiger partial charge in [-0.2, -0.15) is 5.26 Å². The lowest BCUT2D eigenvalue weighted by atomic mass is 9.70. The summed E-state index contributed by atoms with van der Waals surface area (Å²) in [5.41, 5.74) is 5.15. The van der Waals surface area contributed by atoms with Gasteiger partial charge in [0.05, 0.1) is 11.6 Å². The zero-order valence-electron chi connectivity index (χ0n) is 12.9. The lowest BCUT2D eigenvalue weighted by Gasteiger charge is -2.32. The van der Waals surface area contributed by atoms with Crippen LogP contribution in [0.4, 0.5) is 0 Å². The van der Waals surface area contributed by atoms with Crippen molar-refractivity contribution < 1.29 is 4.79 Å². The molecule has 2 aliphatic carbocycles. The molecule has 1 spiro atoms. The standard InChI is InChI=1S/C21H17NO/c22-14-15-8-9-18-19(16-5-2-1-3-6-16)13-21(20(18)11-15)10-4-7-17(23)12-21/h1-3,5-6,8-9,11,13H,4,7,10,12H2. The average molecular weight is 299 g/mol. The van der Waals surface area contributed by atoms with Crippen molar-refractivity contribution in [3.05, 3.63) is 76.9 Å². The molecule has 0 aromatic heterocycles. The fourth-order valence-corrected chi connectivity index (χ4v) is 4.03. The highest BCUT2D eigenvalue weighted by atomic mass is 16.1. The monoisotopic (exact) mass is 299 g/mol. The minimum Gasteiger partial charge on any atom is -0.300 e. The van der Waals surface area contributed by atoms with Crippen molar-refractivity contribution in [1.82, 2.24) is 0 Å². The summed E-state index contributed by atoms with van der Waals surface area (Å²) < 4.78 is 0. The maximum Gasteiger partial charge on any atom is 0.134 e.